The van der Waals surface area contributed by atoms with Crippen molar-refractivity contribution < 1.29 is 13.3 Å². The van der Waals surface area contributed by atoms with Crippen LogP contribution in [-0.2, 0) is 5.41 Å². The summed E-state index contributed by atoms with van der Waals surface area (Å²) < 4.78 is 20.0. The van der Waals surface area contributed by atoms with E-state index in [9.17, 15) is 0 Å². The third-order valence-electron chi connectivity index (χ3n) is 12.5. The predicted molar refractivity (Wildman–Crippen MR) is 240 cm³/mol. The van der Waals surface area contributed by atoms with Crippen molar-refractivity contribution in [1.29, 1.82) is 0 Å². The highest BCUT2D eigenvalue weighted by Gasteiger charge is 2.46. The van der Waals surface area contributed by atoms with E-state index in [0.717, 1.165) is 82.9 Å². The highest BCUT2D eigenvalue weighted by Crippen LogP contribution is 2.57. The lowest BCUT2D eigenvalue weighted by Crippen LogP contribution is -2.28. The van der Waals surface area contributed by atoms with Gasteiger partial charge in [0.15, 0.2) is 5.58 Å². The van der Waals surface area contributed by atoms with Crippen LogP contribution in [0.5, 0.6) is 0 Å². The number of hydrogen-bond acceptors (Lipinski definition) is 4. The standard InChI is InChI=1S/C55H33NO3/c1-3-14-34(15-4-1)55(35-16-5-2-6-17-35)45-22-10-7-18-38(45)39-28-26-36(32-46(39)55)56(37-27-29-41-40-19-8-11-24-48(40)58-51(41)33-37)47-23-13-21-42-43-30-31-50-52(54(43)59-53(42)47)44-20-9-12-25-49(44)57-50/h1-33H. The summed E-state index contributed by atoms with van der Waals surface area (Å²) in [4.78, 5) is 2.34. The Kier molecular flexibility index (Phi) is 6.62. The van der Waals surface area contributed by atoms with Crippen LogP contribution in [0, 0.1) is 0 Å². The molecule has 276 valence electrons. The second-order valence-electron chi connectivity index (χ2n) is 15.5. The molecular formula is C55H33NO3. The minimum atomic E-state index is -0.557. The zero-order valence-corrected chi connectivity index (χ0v) is 31.7. The lowest BCUT2D eigenvalue weighted by atomic mass is 9.67. The molecule has 1 aliphatic carbocycles. The maximum absolute atomic E-state index is 7.12. The lowest BCUT2D eigenvalue weighted by molar-refractivity contribution is 0.662. The Morgan fingerprint density at radius 1 is 0.339 bits per heavy atom. The molecule has 0 spiro atoms. The fourth-order valence-corrected chi connectivity index (χ4v) is 10.1. The summed E-state index contributed by atoms with van der Waals surface area (Å²) in [5.41, 5.74) is 14.7. The van der Waals surface area contributed by atoms with Crippen molar-refractivity contribution in [1.82, 2.24) is 0 Å². The van der Waals surface area contributed by atoms with Gasteiger partial charge in [-0.25, -0.2) is 0 Å². The molecule has 3 heterocycles. The summed E-state index contributed by atoms with van der Waals surface area (Å²) in [5.74, 6) is 0. The molecule has 0 atom stereocenters. The first-order valence-corrected chi connectivity index (χ1v) is 20.1. The molecule has 1 aliphatic rings. The summed E-state index contributed by atoms with van der Waals surface area (Å²) >= 11 is 0. The van der Waals surface area contributed by atoms with E-state index in [1.165, 1.54) is 33.4 Å². The van der Waals surface area contributed by atoms with Crippen molar-refractivity contribution in [3.8, 4) is 11.1 Å². The second-order valence-corrected chi connectivity index (χ2v) is 15.5. The van der Waals surface area contributed by atoms with Crippen molar-refractivity contribution in [2.45, 2.75) is 5.41 Å². The molecule has 9 aromatic carbocycles. The fraction of sp³-hybridized carbons (Fsp3) is 0.0182. The van der Waals surface area contributed by atoms with Gasteiger partial charge >= 0.3 is 0 Å². The molecule has 0 fully saturated rings. The molecule has 0 radical (unpaired) electrons. The van der Waals surface area contributed by atoms with Crippen molar-refractivity contribution in [3.63, 3.8) is 0 Å². The average Bonchev–Trinajstić information content (AvgIpc) is 4.05. The molecule has 0 N–H and O–H groups in total. The molecule has 4 heteroatoms. The summed E-state index contributed by atoms with van der Waals surface area (Å²) in [6.07, 6.45) is 0. The Labute approximate surface area is 338 Å². The maximum atomic E-state index is 7.12. The van der Waals surface area contributed by atoms with Crippen LogP contribution in [0.2, 0.25) is 0 Å². The van der Waals surface area contributed by atoms with Gasteiger partial charge in [0.05, 0.1) is 22.2 Å². The van der Waals surface area contributed by atoms with E-state index < -0.39 is 5.41 Å². The van der Waals surface area contributed by atoms with Crippen LogP contribution in [0.4, 0.5) is 17.1 Å². The molecule has 59 heavy (non-hydrogen) atoms. The van der Waals surface area contributed by atoms with Crippen LogP contribution in [0.15, 0.2) is 213 Å². The predicted octanol–water partition coefficient (Wildman–Crippen LogP) is 15.2. The van der Waals surface area contributed by atoms with Gasteiger partial charge in [-0.15, -0.1) is 0 Å². The summed E-state index contributed by atoms with van der Waals surface area (Å²) in [6, 6.07) is 71.4. The number of fused-ring (bicyclic) bond motifs is 13. The SMILES string of the molecule is c1ccc(C2(c3ccccc3)c3ccccc3-c3ccc(N(c4ccc5c(c4)oc4ccccc45)c4cccc5c4oc4c5ccc5oc6ccccc6c54)cc32)cc1. The molecule has 0 saturated heterocycles. The summed E-state index contributed by atoms with van der Waals surface area (Å²) in [6.45, 7) is 0. The van der Waals surface area contributed by atoms with Gasteiger partial charge in [0.25, 0.3) is 0 Å². The van der Waals surface area contributed by atoms with Crippen molar-refractivity contribution in [2.75, 3.05) is 4.90 Å². The second kappa shape index (κ2) is 12.1. The molecule has 12 aromatic rings. The van der Waals surface area contributed by atoms with E-state index in [1.54, 1.807) is 0 Å². The van der Waals surface area contributed by atoms with E-state index in [-0.39, 0.29) is 0 Å². The number of furan rings is 3. The minimum absolute atomic E-state index is 0.557. The third kappa shape index (κ3) is 4.43. The number of rotatable bonds is 5. The highest BCUT2D eigenvalue weighted by molar-refractivity contribution is 6.23. The van der Waals surface area contributed by atoms with E-state index in [0.29, 0.717) is 0 Å². The Morgan fingerprint density at radius 3 is 1.73 bits per heavy atom. The maximum Gasteiger partial charge on any atom is 0.159 e. The quantitative estimate of drug-likeness (QED) is 0.175. The number of nitrogens with zero attached hydrogens (tertiary/aromatic N) is 1. The van der Waals surface area contributed by atoms with Gasteiger partial charge in [-0.1, -0.05) is 140 Å². The van der Waals surface area contributed by atoms with Gasteiger partial charge in [-0.05, 0) is 88.0 Å². The summed E-state index contributed by atoms with van der Waals surface area (Å²) in [5, 5.41) is 6.29. The van der Waals surface area contributed by atoms with Gasteiger partial charge in [-0.2, -0.15) is 0 Å². The largest absolute Gasteiger partial charge is 0.456 e. The van der Waals surface area contributed by atoms with Gasteiger partial charge in [0.2, 0.25) is 0 Å². The van der Waals surface area contributed by atoms with Crippen LogP contribution < -0.4 is 4.90 Å². The highest BCUT2D eigenvalue weighted by atomic mass is 16.3. The first-order chi connectivity index (χ1) is 29.3. The Bertz CT molecular complexity index is 3590. The van der Waals surface area contributed by atoms with Crippen LogP contribution in [0.25, 0.3) is 76.9 Å². The third-order valence-corrected chi connectivity index (χ3v) is 12.5. The van der Waals surface area contributed by atoms with Gasteiger partial charge in [-0.3, -0.25) is 0 Å². The molecule has 4 nitrogen and oxygen atoms in total. The topological polar surface area (TPSA) is 42.7 Å². The van der Waals surface area contributed by atoms with Crippen LogP contribution in [0.3, 0.4) is 0 Å². The average molecular weight is 756 g/mol. The van der Waals surface area contributed by atoms with E-state index in [1.807, 2.05) is 24.3 Å². The van der Waals surface area contributed by atoms with Crippen LogP contribution in [-0.4, -0.2) is 0 Å². The number of hydrogen-bond donors (Lipinski definition) is 0. The minimum Gasteiger partial charge on any atom is -0.456 e. The molecular weight excluding hydrogens is 723 g/mol. The Balaban J connectivity index is 1.12. The monoisotopic (exact) mass is 755 g/mol. The van der Waals surface area contributed by atoms with Crippen LogP contribution in [0.1, 0.15) is 22.3 Å². The normalized spacial score (nSPS) is 13.2. The van der Waals surface area contributed by atoms with E-state index in [2.05, 4.69) is 181 Å². The van der Waals surface area contributed by atoms with Gasteiger partial charge in [0, 0.05) is 38.7 Å². The molecule has 0 saturated carbocycles. The van der Waals surface area contributed by atoms with Crippen molar-refractivity contribution in [3.05, 3.63) is 222 Å². The number of anilines is 3. The van der Waals surface area contributed by atoms with Gasteiger partial charge in [0.1, 0.15) is 27.9 Å². The molecule has 0 bridgehead atoms. The molecule has 13 rings (SSSR count). The zero-order valence-electron chi connectivity index (χ0n) is 31.7. The van der Waals surface area contributed by atoms with Gasteiger partial charge < -0.3 is 18.2 Å². The first-order valence-electron chi connectivity index (χ1n) is 20.1. The van der Waals surface area contributed by atoms with Crippen LogP contribution >= 0.6 is 0 Å². The fourth-order valence-electron chi connectivity index (χ4n) is 10.1. The van der Waals surface area contributed by atoms with Crippen molar-refractivity contribution >= 4 is 82.9 Å². The zero-order chi connectivity index (χ0) is 38.7. The van der Waals surface area contributed by atoms with E-state index in [4.69, 9.17) is 13.3 Å². The first kappa shape index (κ1) is 32.3. The molecule has 0 aliphatic heterocycles. The van der Waals surface area contributed by atoms with Crippen molar-refractivity contribution in [2.24, 2.45) is 0 Å². The molecule has 3 aromatic heterocycles. The Morgan fingerprint density at radius 2 is 0.915 bits per heavy atom. The number of benzene rings is 9. The summed E-state index contributed by atoms with van der Waals surface area (Å²) in [7, 11) is 0. The molecule has 0 amide bonds. The molecule has 0 unspecified atom stereocenters. The smallest absolute Gasteiger partial charge is 0.159 e. The Hall–Kier alpha value is -7.82. The number of para-hydroxylation sites is 3. The van der Waals surface area contributed by atoms with E-state index >= 15 is 0 Å². The lowest BCUT2D eigenvalue weighted by Gasteiger charge is -2.34.